The number of alkyl halides is 1. The molecule has 1 heteroatoms. The van der Waals surface area contributed by atoms with Crippen LogP contribution in [0.1, 0.15) is 25.7 Å². The number of hydrogen-bond donors (Lipinski definition) is 0. The van der Waals surface area contributed by atoms with E-state index in [1.54, 1.807) is 0 Å². The zero-order chi connectivity index (χ0) is 6.24. The average molecular weight is 133 g/mol. The Morgan fingerprint density at radius 3 is 1.50 bits per heavy atom. The molecule has 1 rings (SSSR count). The summed E-state index contributed by atoms with van der Waals surface area (Å²) in [6, 6.07) is 0. The summed E-state index contributed by atoms with van der Waals surface area (Å²) in [6.07, 6.45) is 11.5. The predicted molar refractivity (Wildman–Crippen MR) is 39.4 cm³/mol. The minimum atomic E-state index is 1.32. The van der Waals surface area contributed by atoms with E-state index in [1.165, 1.54) is 32.1 Å². The molecule has 0 unspecified atom stereocenters. The lowest BCUT2D eigenvalue weighted by atomic mass is 10.1. The fraction of sp³-hybridized carbons (Fsp3) is 0.714. The normalized spacial score (nSPS) is 16.8. The molecule has 0 spiro atoms. The topological polar surface area (TPSA) is 0 Å². The third kappa shape index (κ3) is 4.20. The van der Waals surface area contributed by atoms with Gasteiger partial charge in [-0.15, -0.1) is 11.6 Å². The van der Waals surface area contributed by atoms with Gasteiger partial charge in [-0.1, -0.05) is 12.2 Å². The van der Waals surface area contributed by atoms with E-state index in [1.807, 2.05) is 0 Å². The molecule has 0 saturated carbocycles. The van der Waals surface area contributed by atoms with E-state index in [0.717, 1.165) is 0 Å². The molecule has 0 aromatic carbocycles. The molecule has 0 aromatic heterocycles. The van der Waals surface area contributed by atoms with E-state index in [0.29, 0.717) is 0 Å². The van der Waals surface area contributed by atoms with Crippen LogP contribution in [0.2, 0.25) is 0 Å². The van der Waals surface area contributed by atoms with Gasteiger partial charge in [-0.05, 0) is 25.7 Å². The van der Waals surface area contributed by atoms with Crippen LogP contribution in [0.15, 0.2) is 12.2 Å². The Bertz CT molecular complexity index is 49.4. The average Bonchev–Trinajstić information content (AvgIpc) is 1.96. The van der Waals surface area contributed by atoms with Crippen molar-refractivity contribution in [3.8, 4) is 0 Å². The summed E-state index contributed by atoms with van der Waals surface area (Å²) in [7, 11) is 0. The van der Waals surface area contributed by atoms with Crippen LogP contribution in [0, 0.1) is 0 Å². The second-order valence-corrected chi connectivity index (χ2v) is 1.76. The highest BCUT2D eigenvalue weighted by Gasteiger charge is 1.87. The third-order valence-corrected chi connectivity index (χ3v) is 1.16. The second-order valence-electron chi connectivity index (χ2n) is 1.76. The van der Waals surface area contributed by atoms with Gasteiger partial charge < -0.3 is 0 Å². The first-order valence-corrected chi connectivity index (χ1v) is 3.78. The first kappa shape index (κ1) is 8.03. The summed E-state index contributed by atoms with van der Waals surface area (Å²) in [5, 5.41) is 0. The lowest BCUT2D eigenvalue weighted by Gasteiger charge is -1.97. The Hall–Kier alpha value is 0.0300. The Balaban J connectivity index is 0.000000222. The molecule has 0 fully saturated rings. The summed E-state index contributed by atoms with van der Waals surface area (Å²) in [4.78, 5) is 0. The van der Waals surface area contributed by atoms with Crippen LogP contribution in [-0.2, 0) is 0 Å². The summed E-state index contributed by atoms with van der Waals surface area (Å²) < 4.78 is 0. The van der Waals surface area contributed by atoms with Crippen molar-refractivity contribution >= 4 is 11.6 Å². The summed E-state index contributed by atoms with van der Waals surface area (Å²) >= 11 is 4.64. The first-order valence-electron chi connectivity index (χ1n) is 3.03. The van der Waals surface area contributed by atoms with E-state index < -0.39 is 0 Å². The highest BCUT2D eigenvalue weighted by Crippen LogP contribution is 2.07. The van der Waals surface area contributed by atoms with Crippen molar-refractivity contribution in [3.63, 3.8) is 0 Å². The lowest BCUT2D eigenvalue weighted by Crippen LogP contribution is -1.77. The van der Waals surface area contributed by atoms with Crippen LogP contribution in [0.4, 0.5) is 0 Å². The maximum absolute atomic E-state index is 4.64. The van der Waals surface area contributed by atoms with Crippen molar-refractivity contribution in [1.29, 1.82) is 0 Å². The Morgan fingerprint density at radius 2 is 1.38 bits per heavy atom. The third-order valence-electron chi connectivity index (χ3n) is 1.16. The van der Waals surface area contributed by atoms with Gasteiger partial charge in [0.05, 0.1) is 0 Å². The second kappa shape index (κ2) is 7.03. The highest BCUT2D eigenvalue weighted by molar-refractivity contribution is 6.15. The summed E-state index contributed by atoms with van der Waals surface area (Å²) in [5.74, 6) is 0. The number of allylic oxidation sites excluding steroid dienone is 2. The van der Waals surface area contributed by atoms with E-state index in [2.05, 4.69) is 23.8 Å². The van der Waals surface area contributed by atoms with Crippen LogP contribution < -0.4 is 0 Å². The smallest absolute Gasteiger partial charge is 0.0108 e. The zero-order valence-electron chi connectivity index (χ0n) is 5.36. The molecule has 0 bridgehead atoms. The number of halogens is 1. The van der Waals surface area contributed by atoms with E-state index in [4.69, 9.17) is 0 Å². The SMILES string of the molecule is C1=CCCCC1.CCl. The van der Waals surface area contributed by atoms with Crippen molar-refractivity contribution in [2.24, 2.45) is 0 Å². The van der Waals surface area contributed by atoms with Crippen molar-refractivity contribution in [2.45, 2.75) is 25.7 Å². The zero-order valence-corrected chi connectivity index (χ0v) is 6.12. The molecule has 0 aliphatic heterocycles. The van der Waals surface area contributed by atoms with Crippen molar-refractivity contribution in [2.75, 3.05) is 6.38 Å². The number of hydrogen-bond acceptors (Lipinski definition) is 0. The van der Waals surface area contributed by atoms with Crippen LogP contribution in [0.5, 0.6) is 0 Å². The molecule has 0 saturated heterocycles. The minimum absolute atomic E-state index is 1.32. The Morgan fingerprint density at radius 1 is 1.00 bits per heavy atom. The molecule has 1 aliphatic rings. The summed E-state index contributed by atoms with van der Waals surface area (Å²) in [5.41, 5.74) is 0. The Kier molecular flexibility index (Phi) is 7.06. The van der Waals surface area contributed by atoms with Gasteiger partial charge in [0.2, 0.25) is 0 Å². The van der Waals surface area contributed by atoms with Gasteiger partial charge in [0.15, 0.2) is 0 Å². The quantitative estimate of drug-likeness (QED) is 0.351. The molecule has 8 heavy (non-hydrogen) atoms. The molecule has 0 amide bonds. The maximum Gasteiger partial charge on any atom is 0.0108 e. The fourth-order valence-electron chi connectivity index (χ4n) is 0.760. The van der Waals surface area contributed by atoms with Gasteiger partial charge in [-0.3, -0.25) is 0 Å². The molecule has 0 aromatic rings. The molecular weight excluding hydrogens is 120 g/mol. The van der Waals surface area contributed by atoms with Gasteiger partial charge >= 0.3 is 0 Å². The molecule has 0 radical (unpaired) electrons. The monoisotopic (exact) mass is 132 g/mol. The largest absolute Gasteiger partial charge is 0.130 e. The molecule has 0 heterocycles. The predicted octanol–water partition coefficient (Wildman–Crippen LogP) is 2.97. The molecule has 0 atom stereocenters. The molecule has 48 valence electrons. The van der Waals surface area contributed by atoms with E-state index >= 15 is 0 Å². The maximum atomic E-state index is 4.64. The van der Waals surface area contributed by atoms with Crippen molar-refractivity contribution < 1.29 is 0 Å². The number of rotatable bonds is 0. The van der Waals surface area contributed by atoms with Gasteiger partial charge in [-0.2, -0.15) is 0 Å². The van der Waals surface area contributed by atoms with Gasteiger partial charge in [0.1, 0.15) is 0 Å². The molecule has 1 aliphatic carbocycles. The van der Waals surface area contributed by atoms with Crippen LogP contribution in [-0.4, -0.2) is 6.38 Å². The van der Waals surface area contributed by atoms with Gasteiger partial charge in [-0.25, -0.2) is 0 Å². The molecular formula is C7H13Cl. The lowest BCUT2D eigenvalue weighted by molar-refractivity contribution is 0.730. The first-order chi connectivity index (χ1) is 4.00. The highest BCUT2D eigenvalue weighted by atomic mass is 35.5. The minimum Gasteiger partial charge on any atom is -0.130 e. The van der Waals surface area contributed by atoms with E-state index in [-0.39, 0.29) is 0 Å². The van der Waals surface area contributed by atoms with Gasteiger partial charge in [0.25, 0.3) is 0 Å². The Labute approximate surface area is 56.5 Å². The fourth-order valence-corrected chi connectivity index (χ4v) is 0.760. The van der Waals surface area contributed by atoms with E-state index in [9.17, 15) is 0 Å². The van der Waals surface area contributed by atoms with Crippen molar-refractivity contribution in [3.05, 3.63) is 12.2 Å². The summed E-state index contributed by atoms with van der Waals surface area (Å²) in [6.45, 7) is 0. The van der Waals surface area contributed by atoms with Crippen LogP contribution >= 0.6 is 11.6 Å². The standard InChI is InChI=1S/C6H10.CH3Cl/c1-2-4-6-5-3-1;1-2/h1-2H,3-6H2;1H3. The molecule has 0 nitrogen and oxygen atoms in total. The van der Waals surface area contributed by atoms with Crippen LogP contribution in [0.3, 0.4) is 0 Å². The van der Waals surface area contributed by atoms with Crippen LogP contribution in [0.25, 0.3) is 0 Å². The van der Waals surface area contributed by atoms with Gasteiger partial charge in [0, 0.05) is 6.38 Å². The van der Waals surface area contributed by atoms with Crippen molar-refractivity contribution in [1.82, 2.24) is 0 Å². The molecule has 0 N–H and O–H groups in total.